The minimum atomic E-state index is -4.56. The number of carbonyl (C=O) groups excluding carboxylic acids is 2. The maximum absolute atomic E-state index is 13.1. The lowest BCUT2D eigenvalue weighted by molar-refractivity contribution is -0.137. The van der Waals surface area contributed by atoms with Crippen LogP contribution in [0.15, 0.2) is 67.0 Å². The van der Waals surface area contributed by atoms with Crippen molar-refractivity contribution >= 4 is 23.3 Å². The molecule has 1 aromatic heterocycles. The first kappa shape index (κ1) is 20.9. The number of alkyl halides is 3. The number of nitrogens with zero attached hydrogens (tertiary/aromatic N) is 2. The Kier molecular flexibility index (Phi) is 6.35. The van der Waals surface area contributed by atoms with Gasteiger partial charge in [-0.1, -0.05) is 18.2 Å². The van der Waals surface area contributed by atoms with E-state index in [1.54, 1.807) is 42.6 Å². The summed E-state index contributed by atoms with van der Waals surface area (Å²) in [7, 11) is 0. The lowest BCUT2D eigenvalue weighted by Crippen LogP contribution is -2.31. The van der Waals surface area contributed by atoms with Crippen LogP contribution in [0.5, 0.6) is 0 Å². The van der Waals surface area contributed by atoms with Gasteiger partial charge in [-0.15, -0.1) is 0 Å². The van der Waals surface area contributed by atoms with E-state index >= 15 is 0 Å². The molecule has 0 saturated carbocycles. The topological polar surface area (TPSA) is 88.0 Å². The van der Waals surface area contributed by atoms with E-state index in [0.717, 1.165) is 12.1 Å². The Labute approximate surface area is 169 Å². The second-order valence-corrected chi connectivity index (χ2v) is 6.23. The summed E-state index contributed by atoms with van der Waals surface area (Å²) in [6.45, 7) is 0.000560. The molecule has 0 atom stereocenters. The lowest BCUT2D eigenvalue weighted by Gasteiger charge is -2.15. The Morgan fingerprint density at radius 2 is 1.77 bits per heavy atom. The van der Waals surface area contributed by atoms with E-state index in [9.17, 15) is 22.8 Å². The number of halogens is 3. The Hall–Kier alpha value is -3.82. The van der Waals surface area contributed by atoms with Crippen molar-refractivity contribution in [3.05, 3.63) is 72.6 Å². The van der Waals surface area contributed by atoms with Crippen LogP contribution >= 0.6 is 0 Å². The molecule has 0 spiro atoms. The number of hydrogen-bond donors (Lipinski definition) is 3. The highest BCUT2D eigenvalue weighted by Crippen LogP contribution is 2.33. The highest BCUT2D eigenvalue weighted by Gasteiger charge is 2.31. The summed E-state index contributed by atoms with van der Waals surface area (Å²) in [6, 6.07) is 12.9. The SMILES string of the molecule is O=C(CCNC(=O)Nc1ccccc1)Nc1cc(C(F)(F)F)ccc1-n1cccn1. The molecule has 3 aromatic rings. The molecule has 0 fully saturated rings. The summed E-state index contributed by atoms with van der Waals surface area (Å²) in [5, 5.41) is 11.6. The maximum Gasteiger partial charge on any atom is 0.416 e. The molecule has 7 nitrogen and oxygen atoms in total. The highest BCUT2D eigenvalue weighted by atomic mass is 19.4. The Bertz CT molecular complexity index is 1010. The molecule has 0 aliphatic rings. The molecule has 0 saturated heterocycles. The van der Waals surface area contributed by atoms with Gasteiger partial charge in [-0.05, 0) is 36.4 Å². The second kappa shape index (κ2) is 9.12. The number of urea groups is 1. The van der Waals surface area contributed by atoms with Crippen LogP contribution in [0.4, 0.5) is 29.3 Å². The summed E-state index contributed by atoms with van der Waals surface area (Å²) in [4.78, 5) is 24.1. The quantitative estimate of drug-likeness (QED) is 0.566. The fourth-order valence-corrected chi connectivity index (χ4v) is 2.62. The molecule has 10 heteroatoms. The van der Waals surface area contributed by atoms with Gasteiger partial charge in [-0.2, -0.15) is 18.3 Å². The van der Waals surface area contributed by atoms with Gasteiger partial charge >= 0.3 is 12.2 Å². The first-order valence-electron chi connectivity index (χ1n) is 8.94. The van der Waals surface area contributed by atoms with Crippen molar-refractivity contribution in [2.75, 3.05) is 17.2 Å². The molecule has 1 heterocycles. The molecule has 156 valence electrons. The number of aromatic nitrogens is 2. The van der Waals surface area contributed by atoms with Gasteiger partial charge < -0.3 is 16.0 Å². The zero-order valence-electron chi connectivity index (χ0n) is 15.6. The first-order valence-corrected chi connectivity index (χ1v) is 8.94. The molecule has 0 aliphatic carbocycles. The average molecular weight is 417 g/mol. The summed E-state index contributed by atoms with van der Waals surface area (Å²) >= 11 is 0. The Balaban J connectivity index is 1.61. The van der Waals surface area contributed by atoms with E-state index in [-0.39, 0.29) is 24.3 Å². The third-order valence-electron chi connectivity index (χ3n) is 4.02. The van der Waals surface area contributed by atoms with Gasteiger partial charge in [0.15, 0.2) is 0 Å². The Morgan fingerprint density at radius 3 is 2.43 bits per heavy atom. The maximum atomic E-state index is 13.1. The minimum absolute atomic E-state index is 0.000560. The molecule has 3 N–H and O–H groups in total. The van der Waals surface area contributed by atoms with Crippen LogP contribution in [0, 0.1) is 0 Å². The van der Waals surface area contributed by atoms with Crippen LogP contribution in [0.1, 0.15) is 12.0 Å². The van der Waals surface area contributed by atoms with Crippen molar-refractivity contribution in [1.29, 1.82) is 0 Å². The zero-order chi connectivity index (χ0) is 21.6. The van der Waals surface area contributed by atoms with Crippen molar-refractivity contribution in [2.24, 2.45) is 0 Å². The molecule has 3 rings (SSSR count). The normalized spacial score (nSPS) is 11.0. The van der Waals surface area contributed by atoms with Gasteiger partial charge in [0.05, 0.1) is 16.9 Å². The molecular formula is C20H18F3N5O2. The molecule has 2 aromatic carbocycles. The van der Waals surface area contributed by atoms with Crippen molar-refractivity contribution in [2.45, 2.75) is 12.6 Å². The summed E-state index contributed by atoms with van der Waals surface area (Å²) in [5.74, 6) is -0.553. The predicted octanol–water partition coefficient (Wildman–Crippen LogP) is 4.04. The van der Waals surface area contributed by atoms with Crippen LogP contribution in [0.3, 0.4) is 0 Å². The van der Waals surface area contributed by atoms with Gasteiger partial charge in [0.1, 0.15) is 0 Å². The standard InChI is InChI=1S/C20H18F3N5O2/c21-20(22,23)14-7-8-17(28-12-4-10-25-28)16(13-14)27-18(29)9-11-24-19(30)26-15-5-2-1-3-6-15/h1-8,10,12-13H,9,11H2,(H,27,29)(H2,24,26,30). The third kappa shape index (κ3) is 5.60. The van der Waals surface area contributed by atoms with Crippen molar-refractivity contribution in [1.82, 2.24) is 15.1 Å². The van der Waals surface area contributed by atoms with Crippen LogP contribution in [0.2, 0.25) is 0 Å². The largest absolute Gasteiger partial charge is 0.416 e. The molecule has 0 bridgehead atoms. The fraction of sp³-hybridized carbons (Fsp3) is 0.150. The molecule has 0 unspecified atom stereocenters. The van der Waals surface area contributed by atoms with Gasteiger partial charge in [-0.3, -0.25) is 4.79 Å². The minimum Gasteiger partial charge on any atom is -0.337 e. The van der Waals surface area contributed by atoms with Crippen molar-refractivity contribution in [3.8, 4) is 5.69 Å². The van der Waals surface area contributed by atoms with E-state index in [0.29, 0.717) is 5.69 Å². The second-order valence-electron chi connectivity index (χ2n) is 6.23. The van der Waals surface area contributed by atoms with Crippen LogP contribution < -0.4 is 16.0 Å². The highest BCUT2D eigenvalue weighted by molar-refractivity contribution is 5.94. The molecule has 30 heavy (non-hydrogen) atoms. The predicted molar refractivity (Wildman–Crippen MR) is 105 cm³/mol. The van der Waals surface area contributed by atoms with Crippen LogP contribution in [0.25, 0.3) is 5.69 Å². The summed E-state index contributed by atoms with van der Waals surface area (Å²) < 4.78 is 40.5. The number of carbonyl (C=O) groups is 2. The number of anilines is 2. The molecule has 0 radical (unpaired) electrons. The van der Waals surface area contributed by atoms with Gasteiger partial charge in [0.25, 0.3) is 0 Å². The van der Waals surface area contributed by atoms with E-state index in [1.807, 2.05) is 0 Å². The zero-order valence-corrected chi connectivity index (χ0v) is 15.6. The third-order valence-corrected chi connectivity index (χ3v) is 4.02. The number of benzene rings is 2. The smallest absolute Gasteiger partial charge is 0.337 e. The van der Waals surface area contributed by atoms with E-state index in [2.05, 4.69) is 21.0 Å². The number of rotatable bonds is 6. The first-order chi connectivity index (χ1) is 14.3. The van der Waals surface area contributed by atoms with E-state index < -0.39 is 23.7 Å². The molecule has 0 aliphatic heterocycles. The van der Waals surface area contributed by atoms with Crippen LogP contribution in [-0.4, -0.2) is 28.3 Å². The average Bonchev–Trinajstić information content (AvgIpc) is 3.22. The summed E-state index contributed by atoms with van der Waals surface area (Å²) in [6.07, 6.45) is -1.66. The van der Waals surface area contributed by atoms with Gasteiger partial charge in [0.2, 0.25) is 5.91 Å². The van der Waals surface area contributed by atoms with Gasteiger partial charge in [0, 0.05) is 31.0 Å². The van der Waals surface area contributed by atoms with Crippen molar-refractivity contribution < 1.29 is 22.8 Å². The fourth-order valence-electron chi connectivity index (χ4n) is 2.62. The monoisotopic (exact) mass is 417 g/mol. The van der Waals surface area contributed by atoms with E-state index in [4.69, 9.17) is 0 Å². The number of para-hydroxylation sites is 1. The van der Waals surface area contributed by atoms with Crippen LogP contribution in [-0.2, 0) is 11.0 Å². The molecule has 3 amide bonds. The lowest BCUT2D eigenvalue weighted by atomic mass is 10.1. The summed E-state index contributed by atoms with van der Waals surface area (Å²) in [5.41, 5.74) is -0.0512. The van der Waals surface area contributed by atoms with Gasteiger partial charge in [-0.25, -0.2) is 9.48 Å². The Morgan fingerprint density at radius 1 is 1.00 bits per heavy atom. The number of amides is 3. The molecular weight excluding hydrogens is 399 g/mol. The number of nitrogens with one attached hydrogen (secondary N) is 3. The van der Waals surface area contributed by atoms with Crippen molar-refractivity contribution in [3.63, 3.8) is 0 Å². The van der Waals surface area contributed by atoms with E-state index in [1.165, 1.54) is 16.9 Å². The number of hydrogen-bond acceptors (Lipinski definition) is 3.